The molecule has 0 saturated heterocycles. The molecule has 10 heavy (non-hydrogen) atoms. The van der Waals surface area contributed by atoms with Crippen molar-refractivity contribution in [1.29, 1.82) is 5.26 Å². The molecule has 0 heterocycles. The van der Waals surface area contributed by atoms with E-state index in [9.17, 15) is 0 Å². The highest BCUT2D eigenvalue weighted by Crippen LogP contribution is 1.98. The molecule has 4 N–H and O–H groups in total. The molecular formula is C6H14N4. The summed E-state index contributed by atoms with van der Waals surface area (Å²) < 4.78 is 0. The van der Waals surface area contributed by atoms with Crippen LogP contribution in [0.25, 0.3) is 0 Å². The van der Waals surface area contributed by atoms with E-state index in [1.54, 1.807) is 14.1 Å². The number of likely N-dealkylation sites (N-methyl/N-ethyl adjacent to an activating group) is 2. The standard InChI is InChI=1S/C6H14N4/c1-5(9-2)6(8,4-7)10-3/h5,9-10H,8H2,1-3H3. The SMILES string of the molecule is CNC(C)C(N)(C#N)NC. The summed E-state index contributed by atoms with van der Waals surface area (Å²) in [7, 11) is 3.43. The van der Waals surface area contributed by atoms with Crippen LogP contribution in [0.4, 0.5) is 0 Å². The maximum Gasteiger partial charge on any atom is 0.171 e. The highest BCUT2D eigenvalue weighted by Gasteiger charge is 2.28. The zero-order valence-electron chi connectivity index (χ0n) is 6.60. The van der Waals surface area contributed by atoms with Crippen LogP contribution in [-0.2, 0) is 0 Å². The lowest BCUT2D eigenvalue weighted by Gasteiger charge is -2.27. The lowest BCUT2D eigenvalue weighted by atomic mass is 10.1. The summed E-state index contributed by atoms with van der Waals surface area (Å²) in [5.74, 6) is 0. The van der Waals surface area contributed by atoms with Crippen molar-refractivity contribution in [3.63, 3.8) is 0 Å². The third-order valence-electron chi connectivity index (χ3n) is 1.71. The molecule has 0 bridgehead atoms. The highest BCUT2D eigenvalue weighted by atomic mass is 15.1. The van der Waals surface area contributed by atoms with Crippen LogP contribution in [0.15, 0.2) is 0 Å². The molecule has 0 aliphatic carbocycles. The summed E-state index contributed by atoms with van der Waals surface area (Å²) in [4.78, 5) is 0. The molecular weight excluding hydrogens is 128 g/mol. The summed E-state index contributed by atoms with van der Waals surface area (Å²) in [5, 5.41) is 14.2. The molecule has 0 amide bonds. The van der Waals surface area contributed by atoms with Crippen molar-refractivity contribution in [3.05, 3.63) is 0 Å². The third kappa shape index (κ3) is 1.67. The van der Waals surface area contributed by atoms with E-state index in [0.29, 0.717) is 0 Å². The van der Waals surface area contributed by atoms with Gasteiger partial charge in [0.1, 0.15) is 6.07 Å². The van der Waals surface area contributed by atoms with Gasteiger partial charge in [0.2, 0.25) is 0 Å². The first-order valence-electron chi connectivity index (χ1n) is 3.17. The zero-order valence-corrected chi connectivity index (χ0v) is 6.60. The number of nitrogens with zero attached hydrogens (tertiary/aromatic N) is 1. The number of nitrogens with two attached hydrogens (primary N) is 1. The van der Waals surface area contributed by atoms with Crippen molar-refractivity contribution < 1.29 is 0 Å². The first kappa shape index (κ1) is 9.37. The van der Waals surface area contributed by atoms with Gasteiger partial charge in [0.25, 0.3) is 0 Å². The van der Waals surface area contributed by atoms with E-state index in [2.05, 4.69) is 10.6 Å². The Morgan fingerprint density at radius 2 is 2.10 bits per heavy atom. The maximum atomic E-state index is 8.61. The molecule has 0 rings (SSSR count). The lowest BCUT2D eigenvalue weighted by Crippen LogP contribution is -2.62. The molecule has 0 aliphatic heterocycles. The summed E-state index contributed by atoms with van der Waals surface area (Å²) in [6.45, 7) is 1.85. The van der Waals surface area contributed by atoms with Crippen molar-refractivity contribution in [2.45, 2.75) is 18.6 Å². The van der Waals surface area contributed by atoms with E-state index < -0.39 is 5.66 Å². The van der Waals surface area contributed by atoms with Crippen LogP contribution >= 0.6 is 0 Å². The fraction of sp³-hybridized carbons (Fsp3) is 0.833. The largest absolute Gasteiger partial charge is 0.313 e. The Hall–Kier alpha value is -0.630. The first-order valence-corrected chi connectivity index (χ1v) is 3.17. The summed E-state index contributed by atoms with van der Waals surface area (Å²) in [5.41, 5.74) is 4.65. The summed E-state index contributed by atoms with van der Waals surface area (Å²) in [6, 6.07) is 1.92. The molecule has 0 radical (unpaired) electrons. The van der Waals surface area contributed by atoms with Gasteiger partial charge in [-0.2, -0.15) is 5.26 Å². The molecule has 58 valence electrons. The molecule has 0 aromatic carbocycles. The van der Waals surface area contributed by atoms with Gasteiger partial charge in [-0.05, 0) is 21.0 Å². The summed E-state index contributed by atoms with van der Waals surface area (Å²) >= 11 is 0. The van der Waals surface area contributed by atoms with Crippen LogP contribution in [0.3, 0.4) is 0 Å². The zero-order chi connectivity index (χ0) is 8.20. The average molecular weight is 142 g/mol. The number of hydrogen-bond donors (Lipinski definition) is 3. The van der Waals surface area contributed by atoms with E-state index in [0.717, 1.165) is 0 Å². The Kier molecular flexibility index (Phi) is 3.30. The molecule has 0 aliphatic rings. The van der Waals surface area contributed by atoms with E-state index in [-0.39, 0.29) is 6.04 Å². The Bertz CT molecular complexity index is 139. The molecule has 4 heteroatoms. The molecule has 0 fully saturated rings. The molecule has 2 atom stereocenters. The normalized spacial score (nSPS) is 19.1. The van der Waals surface area contributed by atoms with Crippen molar-refractivity contribution in [2.75, 3.05) is 14.1 Å². The van der Waals surface area contributed by atoms with Crippen LogP contribution < -0.4 is 16.4 Å². The van der Waals surface area contributed by atoms with Gasteiger partial charge in [-0.15, -0.1) is 0 Å². The van der Waals surface area contributed by atoms with Gasteiger partial charge in [0.05, 0.1) is 0 Å². The molecule has 0 aromatic rings. The molecule has 0 saturated carbocycles. The Morgan fingerprint density at radius 1 is 1.60 bits per heavy atom. The fourth-order valence-corrected chi connectivity index (χ4v) is 0.597. The minimum Gasteiger partial charge on any atom is -0.313 e. The van der Waals surface area contributed by atoms with Crippen LogP contribution in [0, 0.1) is 11.3 Å². The monoisotopic (exact) mass is 142 g/mol. The molecule has 2 unspecified atom stereocenters. The predicted octanol–water partition coefficient (Wildman–Crippen LogP) is -1.01. The third-order valence-corrected chi connectivity index (χ3v) is 1.71. The minimum absolute atomic E-state index is 0.0671. The topological polar surface area (TPSA) is 73.9 Å². The number of hydrogen-bond acceptors (Lipinski definition) is 4. The second-order valence-corrected chi connectivity index (χ2v) is 2.24. The van der Waals surface area contributed by atoms with Crippen LogP contribution in [0.5, 0.6) is 0 Å². The van der Waals surface area contributed by atoms with Crippen molar-refractivity contribution in [2.24, 2.45) is 5.73 Å². The Labute approximate surface area is 61.4 Å². The molecule has 0 spiro atoms. The fourth-order valence-electron chi connectivity index (χ4n) is 0.597. The second-order valence-electron chi connectivity index (χ2n) is 2.24. The quantitative estimate of drug-likeness (QED) is 0.441. The minimum atomic E-state index is -0.964. The van der Waals surface area contributed by atoms with E-state index >= 15 is 0 Å². The van der Waals surface area contributed by atoms with Gasteiger partial charge < -0.3 is 5.32 Å². The number of nitriles is 1. The van der Waals surface area contributed by atoms with Gasteiger partial charge in [0.15, 0.2) is 5.66 Å². The van der Waals surface area contributed by atoms with Crippen molar-refractivity contribution in [1.82, 2.24) is 10.6 Å². The van der Waals surface area contributed by atoms with Crippen molar-refractivity contribution in [3.8, 4) is 6.07 Å². The maximum absolute atomic E-state index is 8.61. The molecule has 4 nitrogen and oxygen atoms in total. The predicted molar refractivity (Wildman–Crippen MR) is 40.1 cm³/mol. The Balaban J connectivity index is 4.21. The van der Waals surface area contributed by atoms with Crippen LogP contribution in [-0.4, -0.2) is 25.8 Å². The van der Waals surface area contributed by atoms with Crippen molar-refractivity contribution >= 4 is 0 Å². The number of nitrogens with one attached hydrogen (secondary N) is 2. The van der Waals surface area contributed by atoms with Gasteiger partial charge >= 0.3 is 0 Å². The first-order chi connectivity index (χ1) is 4.60. The smallest absolute Gasteiger partial charge is 0.171 e. The van der Waals surface area contributed by atoms with Crippen LogP contribution in [0.2, 0.25) is 0 Å². The van der Waals surface area contributed by atoms with Gasteiger partial charge in [-0.3, -0.25) is 11.1 Å². The Morgan fingerprint density at radius 3 is 2.20 bits per heavy atom. The molecule has 0 aromatic heterocycles. The van der Waals surface area contributed by atoms with Gasteiger partial charge in [0, 0.05) is 6.04 Å². The highest BCUT2D eigenvalue weighted by molar-refractivity contribution is 5.07. The van der Waals surface area contributed by atoms with Gasteiger partial charge in [-0.25, -0.2) is 0 Å². The van der Waals surface area contributed by atoms with Gasteiger partial charge in [-0.1, -0.05) is 0 Å². The van der Waals surface area contributed by atoms with E-state index in [1.165, 1.54) is 0 Å². The van der Waals surface area contributed by atoms with E-state index in [4.69, 9.17) is 11.0 Å². The lowest BCUT2D eigenvalue weighted by molar-refractivity contribution is 0.356. The average Bonchev–Trinajstić information content (AvgIpc) is 2.01. The van der Waals surface area contributed by atoms with E-state index in [1.807, 2.05) is 13.0 Å². The van der Waals surface area contributed by atoms with Crippen LogP contribution in [0.1, 0.15) is 6.92 Å². The second kappa shape index (κ2) is 3.52. The number of rotatable bonds is 3. The summed E-state index contributed by atoms with van der Waals surface area (Å²) in [6.07, 6.45) is 0.